The highest BCUT2D eigenvalue weighted by atomic mass is 16.6. The highest BCUT2D eigenvalue weighted by Crippen LogP contribution is 2.26. The van der Waals surface area contributed by atoms with Gasteiger partial charge in [-0.2, -0.15) is 0 Å². The Kier molecular flexibility index (Phi) is 21.8. The topological polar surface area (TPSA) is 172 Å². The number of unbranched alkanes of at least 4 members (excludes halogenated alkanes) is 4. The van der Waals surface area contributed by atoms with Gasteiger partial charge in [-0.3, -0.25) is 24.0 Å². The number of rotatable bonds is 24. The van der Waals surface area contributed by atoms with Crippen molar-refractivity contribution in [3.8, 4) is 0 Å². The predicted molar refractivity (Wildman–Crippen MR) is 183 cm³/mol. The second-order valence-electron chi connectivity index (χ2n) is 11.3. The van der Waals surface area contributed by atoms with Gasteiger partial charge in [-0.25, -0.2) is 4.79 Å². The number of esters is 4. The number of carbonyl (C=O) groups excluding carboxylic acids is 5. The lowest BCUT2D eigenvalue weighted by atomic mass is 9.84. The Morgan fingerprint density at radius 3 is 2.22 bits per heavy atom. The number of hydrogen-bond acceptors (Lipinski definition) is 10. The maximum atomic E-state index is 13.0. The van der Waals surface area contributed by atoms with Gasteiger partial charge in [0.15, 0.2) is 6.10 Å². The van der Waals surface area contributed by atoms with Crippen LogP contribution in [0.4, 0.5) is 5.69 Å². The van der Waals surface area contributed by atoms with Crippen LogP contribution in [0.2, 0.25) is 0 Å². The summed E-state index contributed by atoms with van der Waals surface area (Å²) in [5, 5.41) is 12.8. The number of para-hydroxylation sites is 1. The van der Waals surface area contributed by atoms with Crippen molar-refractivity contribution in [1.29, 1.82) is 0 Å². The molecule has 1 aromatic carbocycles. The van der Waals surface area contributed by atoms with Crippen LogP contribution >= 0.6 is 0 Å². The third-order valence-corrected chi connectivity index (χ3v) is 7.28. The predicted octanol–water partition coefficient (Wildman–Crippen LogP) is 6.36. The van der Waals surface area contributed by atoms with Crippen LogP contribution in [-0.4, -0.2) is 67.3 Å². The third-order valence-electron chi connectivity index (χ3n) is 7.28. The van der Waals surface area contributed by atoms with Crippen molar-refractivity contribution in [2.75, 3.05) is 25.6 Å². The lowest BCUT2D eigenvalue weighted by Crippen LogP contribution is -2.29. The van der Waals surface area contributed by atoms with Gasteiger partial charge in [-0.05, 0) is 43.7 Å². The van der Waals surface area contributed by atoms with E-state index >= 15 is 0 Å². The fourth-order valence-corrected chi connectivity index (χ4v) is 4.84. The van der Waals surface area contributed by atoms with Crippen LogP contribution in [0.5, 0.6) is 0 Å². The zero-order valence-corrected chi connectivity index (χ0v) is 29.0. The van der Waals surface area contributed by atoms with E-state index < -0.39 is 53.7 Å². The summed E-state index contributed by atoms with van der Waals surface area (Å²) in [4.78, 5) is 72.0. The van der Waals surface area contributed by atoms with Crippen molar-refractivity contribution in [3.05, 3.63) is 66.3 Å². The molecule has 0 bridgehead atoms. The number of anilines is 1. The van der Waals surface area contributed by atoms with Crippen LogP contribution in [0.25, 0.3) is 0 Å². The van der Waals surface area contributed by atoms with Crippen LogP contribution in [0.3, 0.4) is 0 Å². The molecule has 2 N–H and O–H groups in total. The monoisotopic (exact) mass is 685 g/mol. The quantitative estimate of drug-likeness (QED) is 0.0408. The molecule has 0 fully saturated rings. The van der Waals surface area contributed by atoms with Gasteiger partial charge in [0.1, 0.15) is 13.2 Å². The Morgan fingerprint density at radius 1 is 0.857 bits per heavy atom. The number of carbonyl (C=O) groups is 6. The maximum absolute atomic E-state index is 13.0. The van der Waals surface area contributed by atoms with Crippen LogP contribution in [0, 0.1) is 11.8 Å². The second-order valence-corrected chi connectivity index (χ2v) is 11.3. The SMILES string of the molecule is CC/C=C/C/C=C/C=C/C(CCCCCCCC(=O)OCC(COC(C)=O)OC(C)=O)C(CC(=O)Nc1ccccc1C(=O)OC)C(=O)O. The summed E-state index contributed by atoms with van der Waals surface area (Å²) in [6, 6.07) is 6.36. The van der Waals surface area contributed by atoms with Crippen LogP contribution in [0.1, 0.15) is 95.3 Å². The summed E-state index contributed by atoms with van der Waals surface area (Å²) >= 11 is 0. The molecular formula is C37H51NO11. The zero-order valence-electron chi connectivity index (χ0n) is 29.0. The highest BCUT2D eigenvalue weighted by Gasteiger charge is 2.29. The Labute approximate surface area is 288 Å². The number of carboxylic acid groups (broad SMARTS) is 1. The molecule has 0 heterocycles. The minimum atomic E-state index is -1.09. The van der Waals surface area contributed by atoms with Gasteiger partial charge >= 0.3 is 29.8 Å². The highest BCUT2D eigenvalue weighted by molar-refractivity contribution is 6.01. The standard InChI is InChI=1S/C37H51NO11/c1-5-6-7-8-9-11-14-19-29(32(36(43)44)24-34(41)38-33-22-18-17-21-31(33)37(45)46-4)20-15-12-10-13-16-23-35(42)48-26-30(49-28(3)40)25-47-27(2)39/h6-7,9,11,14,17-19,21-22,29-30,32H,5,8,10,12-13,15-16,20,23-26H2,1-4H3,(H,38,41)(H,43,44)/b7-6+,11-9+,19-14+. The molecule has 1 rings (SSSR count). The van der Waals surface area contributed by atoms with Crippen LogP contribution in [-0.2, 0) is 42.9 Å². The van der Waals surface area contributed by atoms with E-state index in [1.54, 1.807) is 18.2 Å². The lowest BCUT2D eigenvalue weighted by molar-refractivity contribution is -0.164. The Hall–Kier alpha value is -4.74. The van der Waals surface area contributed by atoms with E-state index in [-0.39, 0.29) is 37.3 Å². The number of benzene rings is 1. The first-order chi connectivity index (χ1) is 23.5. The molecule has 0 aliphatic heterocycles. The zero-order chi connectivity index (χ0) is 36.4. The molecule has 12 nitrogen and oxygen atoms in total. The van der Waals surface area contributed by atoms with Crippen molar-refractivity contribution in [2.24, 2.45) is 11.8 Å². The molecule has 0 spiro atoms. The first kappa shape index (κ1) is 42.3. The van der Waals surface area contributed by atoms with Crippen LogP contribution < -0.4 is 5.32 Å². The summed E-state index contributed by atoms with van der Waals surface area (Å²) < 4.78 is 19.8. The van der Waals surface area contributed by atoms with Gasteiger partial charge in [0.05, 0.1) is 24.3 Å². The van der Waals surface area contributed by atoms with Crippen molar-refractivity contribution in [1.82, 2.24) is 0 Å². The fraction of sp³-hybridized carbons (Fsp3) is 0.514. The Balaban J connectivity index is 2.73. The maximum Gasteiger partial charge on any atom is 0.339 e. The molecule has 0 aromatic heterocycles. The normalized spacial score (nSPS) is 13.1. The molecule has 0 radical (unpaired) electrons. The molecule has 0 aliphatic carbocycles. The van der Waals surface area contributed by atoms with E-state index in [2.05, 4.69) is 18.3 Å². The van der Waals surface area contributed by atoms with Crippen molar-refractivity contribution >= 4 is 41.4 Å². The van der Waals surface area contributed by atoms with Gasteiger partial charge in [-0.1, -0.05) is 81.2 Å². The average molecular weight is 686 g/mol. The number of methoxy groups -OCH3 is 1. The molecule has 1 aromatic rings. The minimum absolute atomic E-state index is 0.167. The number of nitrogens with one attached hydrogen (secondary N) is 1. The molecule has 0 aliphatic rings. The summed E-state index contributed by atoms with van der Waals surface area (Å²) in [7, 11) is 1.24. The van der Waals surface area contributed by atoms with Crippen molar-refractivity contribution in [2.45, 2.75) is 91.1 Å². The van der Waals surface area contributed by atoms with Gasteiger partial charge in [0, 0.05) is 26.7 Å². The number of allylic oxidation sites excluding steroid dienone is 6. The van der Waals surface area contributed by atoms with Gasteiger partial charge in [-0.15, -0.1) is 0 Å². The molecule has 270 valence electrons. The number of aliphatic carboxylic acids is 1. The Bertz CT molecular complexity index is 1300. The minimum Gasteiger partial charge on any atom is -0.481 e. The molecule has 12 heteroatoms. The summed E-state index contributed by atoms with van der Waals surface area (Å²) in [6.45, 7) is 4.06. The van der Waals surface area contributed by atoms with E-state index in [9.17, 15) is 33.9 Å². The number of amides is 1. The summed E-state index contributed by atoms with van der Waals surface area (Å²) in [5.41, 5.74) is 0.413. The van der Waals surface area contributed by atoms with E-state index in [1.807, 2.05) is 30.4 Å². The number of carboxylic acids is 1. The largest absolute Gasteiger partial charge is 0.481 e. The molecular weight excluding hydrogens is 634 g/mol. The van der Waals surface area contributed by atoms with E-state index in [1.165, 1.54) is 27.0 Å². The molecule has 3 unspecified atom stereocenters. The molecule has 0 saturated carbocycles. The van der Waals surface area contributed by atoms with Gasteiger partial charge < -0.3 is 29.4 Å². The van der Waals surface area contributed by atoms with Crippen LogP contribution in [0.15, 0.2) is 60.7 Å². The van der Waals surface area contributed by atoms with E-state index in [4.69, 9.17) is 18.9 Å². The molecule has 3 atom stereocenters. The average Bonchev–Trinajstić information content (AvgIpc) is 3.06. The molecule has 0 saturated heterocycles. The van der Waals surface area contributed by atoms with Crippen molar-refractivity contribution in [3.63, 3.8) is 0 Å². The van der Waals surface area contributed by atoms with E-state index in [0.717, 1.165) is 32.1 Å². The lowest BCUT2D eigenvalue weighted by Gasteiger charge is -2.21. The van der Waals surface area contributed by atoms with Gasteiger partial charge in [0.25, 0.3) is 0 Å². The summed E-state index contributed by atoms with van der Waals surface area (Å²) in [5.74, 6) is -5.25. The summed E-state index contributed by atoms with van der Waals surface area (Å²) in [6.07, 6.45) is 16.4. The molecule has 1 amide bonds. The number of ether oxygens (including phenoxy) is 4. The smallest absolute Gasteiger partial charge is 0.339 e. The third kappa shape index (κ3) is 19.6. The first-order valence-electron chi connectivity index (χ1n) is 16.6. The first-order valence-corrected chi connectivity index (χ1v) is 16.6. The van der Waals surface area contributed by atoms with Crippen molar-refractivity contribution < 1.29 is 52.8 Å². The van der Waals surface area contributed by atoms with Gasteiger partial charge in [0.2, 0.25) is 5.91 Å². The molecule has 49 heavy (non-hydrogen) atoms. The van der Waals surface area contributed by atoms with E-state index in [0.29, 0.717) is 19.3 Å². The second kappa shape index (κ2) is 25.3. The number of hydrogen-bond donors (Lipinski definition) is 2. The fourth-order valence-electron chi connectivity index (χ4n) is 4.84. The Morgan fingerprint density at radius 2 is 1.55 bits per heavy atom.